The Hall–Kier alpha value is -1.52. The Morgan fingerprint density at radius 3 is 2.93 bits per heavy atom. The normalized spacial score (nSPS) is 10.2. The topological polar surface area (TPSA) is 83.8 Å². The Balaban J connectivity index is 2.22. The van der Waals surface area contributed by atoms with E-state index in [0.29, 0.717) is 17.9 Å². The fourth-order valence-electron chi connectivity index (χ4n) is 1.32. The molecule has 4 N–H and O–H groups in total. The summed E-state index contributed by atoms with van der Waals surface area (Å²) in [6.07, 6.45) is 6.00. The maximum absolute atomic E-state index is 11.5. The maximum Gasteiger partial charge on any atom is 0.271 e. The average Bonchev–Trinajstić information content (AvgIpc) is 2.64. The van der Waals surface area contributed by atoms with E-state index < -0.39 is 0 Å². The summed E-state index contributed by atoms with van der Waals surface area (Å²) in [5, 5.41) is 9.05. The van der Waals surface area contributed by atoms with Gasteiger partial charge in [-0.3, -0.25) is 9.89 Å². The summed E-state index contributed by atoms with van der Waals surface area (Å²) in [6.45, 7) is 2.85. The van der Waals surface area contributed by atoms with E-state index in [1.807, 2.05) is 0 Å². The van der Waals surface area contributed by atoms with Gasteiger partial charge in [-0.2, -0.15) is 5.10 Å². The number of carbonyl (C=O) groups is 1. The van der Waals surface area contributed by atoms with Gasteiger partial charge in [0.05, 0.1) is 11.9 Å². The van der Waals surface area contributed by atoms with Crippen LogP contribution in [0.2, 0.25) is 0 Å². The van der Waals surface area contributed by atoms with E-state index in [2.05, 4.69) is 22.4 Å². The number of hydrogen-bond acceptors (Lipinski definition) is 3. The highest BCUT2D eigenvalue weighted by molar-refractivity contribution is 5.96. The second-order valence-electron chi connectivity index (χ2n) is 3.52. The number of nitrogens with one attached hydrogen (secondary N) is 2. The van der Waals surface area contributed by atoms with Crippen LogP contribution < -0.4 is 11.1 Å². The number of unbranched alkanes of at least 4 members (excludes halogenated alkanes) is 3. The zero-order valence-electron chi connectivity index (χ0n) is 9.05. The van der Waals surface area contributed by atoms with Gasteiger partial charge in [0.1, 0.15) is 5.69 Å². The Morgan fingerprint density at radius 2 is 2.33 bits per heavy atom. The van der Waals surface area contributed by atoms with E-state index >= 15 is 0 Å². The highest BCUT2D eigenvalue weighted by Gasteiger charge is 2.09. The van der Waals surface area contributed by atoms with E-state index in [1.165, 1.54) is 19.0 Å². The minimum absolute atomic E-state index is 0.179. The van der Waals surface area contributed by atoms with Crippen LogP contribution in [0.1, 0.15) is 43.1 Å². The van der Waals surface area contributed by atoms with Crippen LogP contribution in [-0.4, -0.2) is 22.6 Å². The van der Waals surface area contributed by atoms with Gasteiger partial charge in [0.2, 0.25) is 0 Å². The number of amides is 1. The summed E-state index contributed by atoms with van der Waals surface area (Å²) in [5.74, 6) is -0.179. The van der Waals surface area contributed by atoms with Crippen molar-refractivity contribution in [3.63, 3.8) is 0 Å². The van der Waals surface area contributed by atoms with Gasteiger partial charge in [-0.1, -0.05) is 26.2 Å². The Labute approximate surface area is 89.4 Å². The number of carbonyl (C=O) groups excluding carboxylic acids is 1. The zero-order chi connectivity index (χ0) is 11.1. The van der Waals surface area contributed by atoms with Crippen LogP contribution in [0.4, 0.5) is 5.69 Å². The molecule has 0 aliphatic heterocycles. The molecule has 1 aromatic rings. The first-order valence-corrected chi connectivity index (χ1v) is 5.32. The molecule has 0 saturated carbocycles. The second kappa shape index (κ2) is 6.06. The molecule has 0 bridgehead atoms. The Kier molecular flexibility index (Phi) is 4.66. The molecular weight excluding hydrogens is 192 g/mol. The van der Waals surface area contributed by atoms with Crippen molar-refractivity contribution in [3.05, 3.63) is 11.9 Å². The van der Waals surface area contributed by atoms with Crippen molar-refractivity contribution >= 4 is 11.6 Å². The van der Waals surface area contributed by atoms with Gasteiger partial charge in [0, 0.05) is 6.54 Å². The molecule has 0 spiro atoms. The van der Waals surface area contributed by atoms with Gasteiger partial charge in [0.25, 0.3) is 5.91 Å². The first-order valence-electron chi connectivity index (χ1n) is 5.32. The van der Waals surface area contributed by atoms with Gasteiger partial charge in [-0.05, 0) is 6.42 Å². The first kappa shape index (κ1) is 11.6. The van der Waals surface area contributed by atoms with Gasteiger partial charge >= 0.3 is 0 Å². The Bertz CT molecular complexity index is 308. The summed E-state index contributed by atoms with van der Waals surface area (Å²) in [5.41, 5.74) is 6.28. The minimum atomic E-state index is -0.179. The van der Waals surface area contributed by atoms with Crippen LogP contribution in [0.15, 0.2) is 6.20 Å². The fraction of sp³-hybridized carbons (Fsp3) is 0.600. The summed E-state index contributed by atoms with van der Waals surface area (Å²) in [7, 11) is 0. The lowest BCUT2D eigenvalue weighted by molar-refractivity contribution is 0.0949. The molecule has 0 radical (unpaired) electrons. The average molecular weight is 210 g/mol. The monoisotopic (exact) mass is 210 g/mol. The van der Waals surface area contributed by atoms with Crippen molar-refractivity contribution in [2.75, 3.05) is 12.3 Å². The molecule has 5 nitrogen and oxygen atoms in total. The third-order valence-corrected chi connectivity index (χ3v) is 2.21. The van der Waals surface area contributed by atoms with Crippen molar-refractivity contribution in [1.29, 1.82) is 0 Å². The summed E-state index contributed by atoms with van der Waals surface area (Å²) >= 11 is 0. The minimum Gasteiger partial charge on any atom is -0.396 e. The van der Waals surface area contributed by atoms with Crippen molar-refractivity contribution in [2.45, 2.75) is 32.6 Å². The lowest BCUT2D eigenvalue weighted by Crippen LogP contribution is -2.25. The molecule has 0 saturated heterocycles. The van der Waals surface area contributed by atoms with Crippen molar-refractivity contribution in [1.82, 2.24) is 15.5 Å². The SMILES string of the molecule is CCCCCCNC(=O)c1[nH]ncc1N. The van der Waals surface area contributed by atoms with Crippen molar-refractivity contribution in [2.24, 2.45) is 0 Å². The van der Waals surface area contributed by atoms with E-state index in [9.17, 15) is 4.79 Å². The predicted octanol–water partition coefficient (Wildman–Crippen LogP) is 1.30. The molecule has 1 heterocycles. The lowest BCUT2D eigenvalue weighted by atomic mass is 10.2. The number of nitrogen functional groups attached to an aromatic ring is 1. The van der Waals surface area contributed by atoms with Crippen LogP contribution in [-0.2, 0) is 0 Å². The zero-order valence-corrected chi connectivity index (χ0v) is 9.05. The number of H-pyrrole nitrogens is 1. The molecule has 1 rings (SSSR count). The Morgan fingerprint density at radius 1 is 1.53 bits per heavy atom. The highest BCUT2D eigenvalue weighted by Crippen LogP contribution is 2.05. The standard InChI is InChI=1S/C10H18N4O/c1-2-3-4-5-6-12-10(15)9-8(11)7-13-14-9/h7H,2-6,11H2,1H3,(H,12,15)(H,13,14). The summed E-state index contributed by atoms with van der Waals surface area (Å²) in [6, 6.07) is 0. The molecule has 1 amide bonds. The summed E-state index contributed by atoms with van der Waals surface area (Å²) in [4.78, 5) is 11.5. The van der Waals surface area contributed by atoms with E-state index in [0.717, 1.165) is 12.8 Å². The number of aromatic amines is 1. The molecule has 84 valence electrons. The molecule has 15 heavy (non-hydrogen) atoms. The number of rotatable bonds is 6. The molecule has 0 fully saturated rings. The van der Waals surface area contributed by atoms with Gasteiger partial charge in [0.15, 0.2) is 0 Å². The van der Waals surface area contributed by atoms with E-state index in [-0.39, 0.29) is 5.91 Å². The van der Waals surface area contributed by atoms with Crippen LogP contribution in [0, 0.1) is 0 Å². The third-order valence-electron chi connectivity index (χ3n) is 2.21. The van der Waals surface area contributed by atoms with Crippen LogP contribution >= 0.6 is 0 Å². The molecule has 0 aliphatic carbocycles. The van der Waals surface area contributed by atoms with Gasteiger partial charge in [-0.25, -0.2) is 0 Å². The molecule has 0 aromatic carbocycles. The van der Waals surface area contributed by atoms with Crippen molar-refractivity contribution in [3.8, 4) is 0 Å². The molecular formula is C10H18N4O. The quantitative estimate of drug-likeness (QED) is 0.619. The lowest BCUT2D eigenvalue weighted by Gasteiger charge is -2.03. The van der Waals surface area contributed by atoms with Crippen LogP contribution in [0.25, 0.3) is 0 Å². The van der Waals surface area contributed by atoms with E-state index in [1.54, 1.807) is 0 Å². The van der Waals surface area contributed by atoms with Crippen LogP contribution in [0.5, 0.6) is 0 Å². The maximum atomic E-state index is 11.5. The van der Waals surface area contributed by atoms with E-state index in [4.69, 9.17) is 5.73 Å². The number of aromatic nitrogens is 2. The smallest absolute Gasteiger partial charge is 0.271 e. The predicted molar refractivity (Wildman–Crippen MR) is 59.5 cm³/mol. The highest BCUT2D eigenvalue weighted by atomic mass is 16.1. The number of anilines is 1. The largest absolute Gasteiger partial charge is 0.396 e. The van der Waals surface area contributed by atoms with Gasteiger partial charge in [-0.15, -0.1) is 0 Å². The molecule has 1 aromatic heterocycles. The van der Waals surface area contributed by atoms with Crippen molar-refractivity contribution < 1.29 is 4.79 Å². The summed E-state index contributed by atoms with van der Waals surface area (Å²) < 4.78 is 0. The first-order chi connectivity index (χ1) is 7.25. The van der Waals surface area contributed by atoms with Crippen LogP contribution in [0.3, 0.4) is 0 Å². The second-order valence-corrected chi connectivity index (χ2v) is 3.52. The number of nitrogens with two attached hydrogens (primary N) is 1. The van der Waals surface area contributed by atoms with Gasteiger partial charge < -0.3 is 11.1 Å². The molecule has 5 heteroatoms. The number of hydrogen-bond donors (Lipinski definition) is 3. The molecule has 0 aliphatic rings. The fourth-order valence-corrected chi connectivity index (χ4v) is 1.32. The number of nitrogens with zero attached hydrogens (tertiary/aromatic N) is 1. The third kappa shape index (κ3) is 3.61. The molecule has 0 atom stereocenters. The molecule has 0 unspecified atom stereocenters.